The molecule has 0 aliphatic carbocycles. The van der Waals surface area contributed by atoms with Gasteiger partial charge in [-0.1, -0.05) is 11.3 Å². The molecular weight excluding hydrogens is 435 g/mol. The number of hydrogen-bond donors (Lipinski definition) is 1. The first-order valence-electron chi connectivity index (χ1n) is 9.46. The van der Waals surface area contributed by atoms with Crippen molar-refractivity contribution in [1.82, 2.24) is 15.1 Å². The van der Waals surface area contributed by atoms with E-state index in [4.69, 9.17) is 9.47 Å². The predicted octanol–water partition coefficient (Wildman–Crippen LogP) is 5.15. The number of carbonyl (C=O) groups is 1. The van der Waals surface area contributed by atoms with Gasteiger partial charge < -0.3 is 14.6 Å². The largest absolute Gasteiger partial charge is 0.507 e. The van der Waals surface area contributed by atoms with Crippen molar-refractivity contribution >= 4 is 17.4 Å². The lowest BCUT2D eigenvalue weighted by Crippen LogP contribution is -2.54. The van der Waals surface area contributed by atoms with Crippen molar-refractivity contribution in [2.45, 2.75) is 64.6 Å². The van der Waals surface area contributed by atoms with Gasteiger partial charge in [0.15, 0.2) is 0 Å². The highest BCUT2D eigenvalue weighted by Gasteiger charge is 2.55. The third kappa shape index (κ3) is 4.47. The number of aromatic hydroxyl groups is 1. The molecule has 1 aliphatic heterocycles. The van der Waals surface area contributed by atoms with E-state index < -0.39 is 40.4 Å². The lowest BCUT2D eigenvalue weighted by Gasteiger charge is -2.39. The number of ether oxygens (including phenoxy) is 2. The van der Waals surface area contributed by atoms with Crippen LogP contribution in [0.3, 0.4) is 0 Å². The zero-order valence-electron chi connectivity index (χ0n) is 18.0. The van der Waals surface area contributed by atoms with Gasteiger partial charge >= 0.3 is 12.3 Å². The number of alkyl halides is 3. The van der Waals surface area contributed by atoms with Crippen molar-refractivity contribution in [1.29, 1.82) is 0 Å². The normalized spacial score (nSPS) is 21.4. The molecule has 1 saturated heterocycles. The summed E-state index contributed by atoms with van der Waals surface area (Å²) in [6.45, 7) is 10.5. The third-order valence-corrected chi connectivity index (χ3v) is 5.97. The topological polar surface area (TPSA) is 84.8 Å². The van der Waals surface area contributed by atoms with Crippen LogP contribution in [-0.2, 0) is 21.2 Å². The van der Waals surface area contributed by atoms with Gasteiger partial charge in [-0.2, -0.15) is 13.2 Å². The van der Waals surface area contributed by atoms with Crippen molar-refractivity contribution in [2.24, 2.45) is 0 Å². The predicted molar refractivity (Wildman–Crippen MR) is 107 cm³/mol. The van der Waals surface area contributed by atoms with Crippen LogP contribution in [-0.4, -0.2) is 44.2 Å². The van der Waals surface area contributed by atoms with Crippen LogP contribution in [0.4, 0.5) is 18.0 Å². The highest BCUT2D eigenvalue weighted by Crippen LogP contribution is 2.45. The standard InChI is InChI=1S/C20H24F3N3O4S/c1-17(2,3)30-16(28)26-18(4,5)29-10-19(26,6)15-25-24-14(31-15)11-7-8-13(27)12(9-11)20(21,22)23/h7-9,27H,10H2,1-6H3/t19-/m0/s1. The lowest BCUT2D eigenvalue weighted by atomic mass is 10.0. The van der Waals surface area contributed by atoms with E-state index in [-0.39, 0.29) is 17.2 Å². The Hall–Kier alpha value is -2.40. The molecule has 2 heterocycles. The number of nitrogens with zero attached hydrogens (tertiary/aromatic N) is 3. The van der Waals surface area contributed by atoms with Gasteiger partial charge in [0.2, 0.25) is 0 Å². The molecule has 0 bridgehead atoms. The molecule has 1 atom stereocenters. The van der Waals surface area contributed by atoms with Gasteiger partial charge in [0.05, 0.1) is 12.2 Å². The van der Waals surface area contributed by atoms with Crippen LogP contribution < -0.4 is 0 Å². The monoisotopic (exact) mass is 459 g/mol. The summed E-state index contributed by atoms with van der Waals surface area (Å²) in [5, 5.41) is 18.3. The summed E-state index contributed by atoms with van der Waals surface area (Å²) in [4.78, 5) is 14.4. The average molecular weight is 459 g/mol. The molecule has 1 fully saturated rings. The van der Waals surface area contributed by atoms with E-state index in [1.807, 2.05) is 0 Å². The molecule has 11 heteroatoms. The number of carbonyl (C=O) groups excluding carboxylic acids is 1. The fourth-order valence-electron chi connectivity index (χ4n) is 3.38. The molecule has 0 unspecified atom stereocenters. The molecule has 0 radical (unpaired) electrons. The van der Waals surface area contributed by atoms with Gasteiger partial charge in [0.1, 0.15) is 32.6 Å². The first kappa shape index (κ1) is 23.3. The summed E-state index contributed by atoms with van der Waals surface area (Å²) in [6, 6.07) is 3.12. The van der Waals surface area contributed by atoms with Crippen LogP contribution in [0, 0.1) is 0 Å². The molecule has 31 heavy (non-hydrogen) atoms. The van der Waals surface area contributed by atoms with Crippen LogP contribution in [0.25, 0.3) is 10.6 Å². The minimum Gasteiger partial charge on any atom is -0.507 e. The molecule has 0 saturated carbocycles. The van der Waals surface area contributed by atoms with Crippen LogP contribution in [0.15, 0.2) is 18.2 Å². The van der Waals surface area contributed by atoms with E-state index >= 15 is 0 Å². The fraction of sp³-hybridized carbons (Fsp3) is 0.550. The highest BCUT2D eigenvalue weighted by atomic mass is 32.1. The molecule has 1 aromatic carbocycles. The summed E-state index contributed by atoms with van der Waals surface area (Å²) >= 11 is 1.05. The maximum Gasteiger partial charge on any atom is 0.419 e. The Morgan fingerprint density at radius 3 is 2.45 bits per heavy atom. The molecule has 0 spiro atoms. The summed E-state index contributed by atoms with van der Waals surface area (Å²) in [5.74, 6) is -0.866. The van der Waals surface area contributed by atoms with Gasteiger partial charge in [0.25, 0.3) is 0 Å². The first-order chi connectivity index (χ1) is 14.0. The van der Waals surface area contributed by atoms with Crippen LogP contribution >= 0.6 is 11.3 Å². The Morgan fingerprint density at radius 1 is 1.23 bits per heavy atom. The second-order valence-corrected chi connectivity index (χ2v) is 9.94. The van der Waals surface area contributed by atoms with Gasteiger partial charge in [0, 0.05) is 5.56 Å². The van der Waals surface area contributed by atoms with E-state index in [0.717, 1.165) is 23.5 Å². The minimum absolute atomic E-state index is 0.108. The molecule has 7 nitrogen and oxygen atoms in total. The van der Waals surface area contributed by atoms with Crippen molar-refractivity contribution < 1.29 is 32.5 Å². The first-order valence-corrected chi connectivity index (χ1v) is 10.3. The maximum atomic E-state index is 13.1. The van der Waals surface area contributed by atoms with E-state index in [0.29, 0.717) is 5.01 Å². The third-order valence-electron chi connectivity index (χ3n) is 4.75. The van der Waals surface area contributed by atoms with E-state index in [1.54, 1.807) is 41.5 Å². The quantitative estimate of drug-likeness (QED) is 0.669. The fourth-order valence-corrected chi connectivity index (χ4v) is 4.34. The Labute approximate surface area is 181 Å². The Morgan fingerprint density at radius 2 is 1.87 bits per heavy atom. The van der Waals surface area contributed by atoms with Crippen molar-refractivity contribution in [2.75, 3.05) is 6.61 Å². The summed E-state index contributed by atoms with van der Waals surface area (Å²) in [6.07, 6.45) is -5.31. The number of benzene rings is 1. The summed E-state index contributed by atoms with van der Waals surface area (Å²) < 4.78 is 50.8. The Bertz CT molecular complexity index is 1000. The number of hydrogen-bond acceptors (Lipinski definition) is 7. The van der Waals surface area contributed by atoms with Crippen molar-refractivity contribution in [3.63, 3.8) is 0 Å². The maximum absolute atomic E-state index is 13.1. The molecule has 1 aliphatic rings. The van der Waals surface area contributed by atoms with Gasteiger partial charge in [-0.3, -0.25) is 4.90 Å². The second-order valence-electron chi connectivity index (χ2n) is 8.97. The number of rotatable bonds is 2. The summed E-state index contributed by atoms with van der Waals surface area (Å²) in [7, 11) is 0. The van der Waals surface area contributed by atoms with Crippen LogP contribution in [0.1, 0.15) is 52.1 Å². The molecular formula is C20H24F3N3O4S. The van der Waals surface area contributed by atoms with E-state index in [1.165, 1.54) is 11.0 Å². The smallest absolute Gasteiger partial charge is 0.419 e. The molecule has 1 N–H and O–H groups in total. The number of halogens is 3. The lowest BCUT2D eigenvalue weighted by molar-refractivity contribution is -0.138. The van der Waals surface area contributed by atoms with Crippen LogP contribution in [0.2, 0.25) is 0 Å². The van der Waals surface area contributed by atoms with Gasteiger partial charge in [-0.15, -0.1) is 10.2 Å². The Kier molecular flexibility index (Phi) is 5.50. The zero-order valence-corrected chi connectivity index (χ0v) is 18.8. The van der Waals surface area contributed by atoms with E-state index in [9.17, 15) is 23.1 Å². The van der Waals surface area contributed by atoms with Crippen LogP contribution in [0.5, 0.6) is 5.75 Å². The average Bonchev–Trinajstić information content (AvgIpc) is 3.16. The second kappa shape index (κ2) is 7.33. The molecule has 170 valence electrons. The number of aromatic nitrogens is 2. The number of amides is 1. The van der Waals surface area contributed by atoms with Gasteiger partial charge in [-0.05, 0) is 59.7 Å². The summed E-state index contributed by atoms with van der Waals surface area (Å²) in [5.41, 5.74) is -3.77. The zero-order chi connectivity index (χ0) is 23.4. The van der Waals surface area contributed by atoms with Crippen molar-refractivity contribution in [3.05, 3.63) is 28.8 Å². The Balaban J connectivity index is 2.00. The minimum atomic E-state index is -4.71. The molecule has 1 amide bonds. The molecule has 2 aromatic rings. The number of phenols is 1. The molecule has 1 aromatic heterocycles. The highest BCUT2D eigenvalue weighted by molar-refractivity contribution is 7.14. The van der Waals surface area contributed by atoms with Crippen molar-refractivity contribution in [3.8, 4) is 16.3 Å². The van der Waals surface area contributed by atoms with E-state index in [2.05, 4.69) is 10.2 Å². The molecule has 3 rings (SSSR count). The number of phenolic OH excluding ortho intramolecular Hbond substituents is 1. The SMILES string of the molecule is CC(C)(C)OC(=O)N1C(C)(C)OC[C@@]1(C)c1nnc(-c2ccc(O)c(C(F)(F)F)c2)s1. The van der Waals surface area contributed by atoms with Gasteiger partial charge in [-0.25, -0.2) is 4.79 Å².